The summed E-state index contributed by atoms with van der Waals surface area (Å²) in [4.78, 5) is 12.7. The number of ether oxygens (including phenoxy) is 1. The fourth-order valence-electron chi connectivity index (χ4n) is 3.02. The van der Waals surface area contributed by atoms with Crippen LogP contribution in [0, 0.1) is 6.92 Å². The van der Waals surface area contributed by atoms with Crippen molar-refractivity contribution in [3.05, 3.63) is 58.6 Å². The molecule has 2 aromatic carbocycles. The van der Waals surface area contributed by atoms with Crippen molar-refractivity contribution >= 4 is 33.2 Å². The van der Waals surface area contributed by atoms with Gasteiger partial charge in [-0.2, -0.15) is 0 Å². The van der Waals surface area contributed by atoms with Gasteiger partial charge in [0.15, 0.2) is 0 Å². The fraction of sp³-hybridized carbons (Fsp3) is 0.381. The molecule has 2 rings (SSSR count). The van der Waals surface area contributed by atoms with Crippen molar-refractivity contribution in [3.8, 4) is 5.75 Å². The summed E-state index contributed by atoms with van der Waals surface area (Å²) in [6.45, 7) is 4.02. The Bertz CT molecular complexity index is 946. The number of benzene rings is 2. The molecular weight excluding hydrogens is 412 g/mol. The predicted molar refractivity (Wildman–Crippen MR) is 117 cm³/mol. The van der Waals surface area contributed by atoms with Gasteiger partial charge >= 0.3 is 0 Å². The van der Waals surface area contributed by atoms with E-state index in [1.807, 2.05) is 6.92 Å². The van der Waals surface area contributed by atoms with E-state index in [0.29, 0.717) is 17.3 Å². The summed E-state index contributed by atoms with van der Waals surface area (Å²) in [6, 6.07) is 11.9. The van der Waals surface area contributed by atoms with E-state index in [9.17, 15) is 13.2 Å². The molecule has 8 heteroatoms. The largest absolute Gasteiger partial charge is 0.495 e. The lowest BCUT2D eigenvalue weighted by atomic mass is 10.1. The van der Waals surface area contributed by atoms with Crippen LogP contribution >= 0.6 is 11.6 Å². The second-order valence-electron chi connectivity index (χ2n) is 6.93. The van der Waals surface area contributed by atoms with Crippen LogP contribution in [0.4, 0.5) is 5.69 Å². The number of hydrogen-bond acceptors (Lipinski definition) is 4. The monoisotopic (exact) mass is 438 g/mol. The molecule has 0 saturated carbocycles. The number of methoxy groups -OCH3 is 1. The molecule has 1 amide bonds. The Morgan fingerprint density at radius 3 is 2.45 bits per heavy atom. The number of halogens is 1. The van der Waals surface area contributed by atoms with E-state index in [1.54, 1.807) is 12.1 Å². The first kappa shape index (κ1) is 23.0. The van der Waals surface area contributed by atoms with Crippen molar-refractivity contribution in [3.63, 3.8) is 0 Å². The van der Waals surface area contributed by atoms with Crippen molar-refractivity contribution in [1.82, 2.24) is 5.32 Å². The van der Waals surface area contributed by atoms with Crippen LogP contribution in [-0.2, 0) is 21.2 Å². The van der Waals surface area contributed by atoms with Crippen LogP contribution in [0.2, 0.25) is 5.02 Å². The number of rotatable bonds is 9. The first-order valence-electron chi connectivity index (χ1n) is 9.29. The highest BCUT2D eigenvalue weighted by atomic mass is 35.5. The van der Waals surface area contributed by atoms with E-state index in [2.05, 4.69) is 29.6 Å². The molecule has 0 aliphatic heterocycles. The quantitative estimate of drug-likeness (QED) is 0.607. The summed E-state index contributed by atoms with van der Waals surface area (Å²) in [6.07, 6.45) is 2.63. The van der Waals surface area contributed by atoms with Gasteiger partial charge in [0.1, 0.15) is 11.8 Å². The normalized spacial score (nSPS) is 12.3. The Morgan fingerprint density at radius 1 is 1.21 bits per heavy atom. The summed E-state index contributed by atoms with van der Waals surface area (Å²) in [5, 5.41) is 3.17. The third-order valence-electron chi connectivity index (χ3n) is 4.53. The van der Waals surface area contributed by atoms with Gasteiger partial charge in [0.25, 0.3) is 0 Å². The molecule has 0 fully saturated rings. The van der Waals surface area contributed by atoms with E-state index in [1.165, 1.54) is 31.2 Å². The van der Waals surface area contributed by atoms with Gasteiger partial charge in [0.2, 0.25) is 15.9 Å². The van der Waals surface area contributed by atoms with Gasteiger partial charge in [-0.1, -0.05) is 41.4 Å². The summed E-state index contributed by atoms with van der Waals surface area (Å²) >= 11 is 6.04. The van der Waals surface area contributed by atoms with Crippen molar-refractivity contribution in [2.45, 2.75) is 32.7 Å². The summed E-state index contributed by atoms with van der Waals surface area (Å²) in [7, 11) is -2.32. The highest BCUT2D eigenvalue weighted by Gasteiger charge is 2.31. The molecule has 2 aromatic rings. The third kappa shape index (κ3) is 6.37. The van der Waals surface area contributed by atoms with Crippen LogP contribution in [-0.4, -0.2) is 40.3 Å². The maximum Gasteiger partial charge on any atom is 0.243 e. The third-order valence-corrected chi connectivity index (χ3v) is 5.99. The predicted octanol–water partition coefficient (Wildman–Crippen LogP) is 3.56. The first-order valence-corrected chi connectivity index (χ1v) is 11.5. The number of nitrogens with one attached hydrogen (secondary N) is 1. The zero-order valence-electron chi connectivity index (χ0n) is 17.1. The minimum atomic E-state index is -3.76. The molecule has 0 aliphatic rings. The minimum absolute atomic E-state index is 0.227. The van der Waals surface area contributed by atoms with Gasteiger partial charge < -0.3 is 10.1 Å². The average Bonchev–Trinajstić information content (AvgIpc) is 2.65. The van der Waals surface area contributed by atoms with Crippen molar-refractivity contribution in [2.75, 3.05) is 24.2 Å². The van der Waals surface area contributed by atoms with Crippen LogP contribution in [0.1, 0.15) is 24.5 Å². The number of anilines is 1. The lowest BCUT2D eigenvalue weighted by Crippen LogP contribution is -2.48. The molecule has 1 atom stereocenters. The molecule has 0 heterocycles. The first-order chi connectivity index (χ1) is 13.6. The molecule has 1 N–H and O–H groups in total. The molecule has 29 heavy (non-hydrogen) atoms. The van der Waals surface area contributed by atoms with Crippen LogP contribution in [0.3, 0.4) is 0 Å². The maximum absolute atomic E-state index is 12.7. The Balaban J connectivity index is 2.07. The Hall–Kier alpha value is -2.25. The standard InChI is InChI=1S/C21H27ClN2O4S/c1-15-7-9-17(10-8-15)6-5-13-23-21(25)16(2)24(29(4,26)27)19-14-18(22)11-12-20(19)28-3/h7-12,14,16H,5-6,13H2,1-4H3,(H,23,25)/t16-/m1/s1. The van der Waals surface area contributed by atoms with Crippen molar-refractivity contribution < 1.29 is 17.9 Å². The summed E-state index contributed by atoms with van der Waals surface area (Å²) < 4.78 is 31.2. The molecule has 158 valence electrons. The Labute approximate surface area is 177 Å². The van der Waals surface area contributed by atoms with Crippen LogP contribution in [0.5, 0.6) is 5.75 Å². The van der Waals surface area contributed by atoms with Gasteiger partial charge in [-0.3, -0.25) is 9.10 Å². The summed E-state index contributed by atoms with van der Waals surface area (Å²) in [5.74, 6) is -0.0693. The molecule has 0 aromatic heterocycles. The number of carbonyl (C=O) groups is 1. The number of amides is 1. The Kier molecular flexibility index (Phi) is 7.93. The molecular formula is C21H27ClN2O4S. The maximum atomic E-state index is 12.7. The van der Waals surface area contributed by atoms with Gasteiger partial charge in [0, 0.05) is 11.6 Å². The molecule has 0 saturated heterocycles. The van der Waals surface area contributed by atoms with Gasteiger partial charge in [-0.25, -0.2) is 8.42 Å². The van der Waals surface area contributed by atoms with E-state index >= 15 is 0 Å². The second-order valence-corrected chi connectivity index (χ2v) is 9.23. The summed E-state index contributed by atoms with van der Waals surface area (Å²) in [5.41, 5.74) is 2.62. The highest BCUT2D eigenvalue weighted by molar-refractivity contribution is 7.92. The van der Waals surface area contributed by atoms with Crippen molar-refractivity contribution in [1.29, 1.82) is 0 Å². The topological polar surface area (TPSA) is 75.7 Å². The number of carbonyl (C=O) groups excluding carboxylic acids is 1. The van der Waals surface area contributed by atoms with Crippen LogP contribution < -0.4 is 14.4 Å². The zero-order valence-corrected chi connectivity index (χ0v) is 18.7. The SMILES string of the molecule is COc1ccc(Cl)cc1N([C@H](C)C(=O)NCCCc1ccc(C)cc1)S(C)(=O)=O. The van der Waals surface area contributed by atoms with E-state index in [-0.39, 0.29) is 11.6 Å². The number of aryl methyl sites for hydroxylation is 2. The number of sulfonamides is 1. The van der Waals surface area contributed by atoms with Crippen LogP contribution in [0.25, 0.3) is 0 Å². The minimum Gasteiger partial charge on any atom is -0.495 e. The van der Waals surface area contributed by atoms with E-state index in [0.717, 1.165) is 23.4 Å². The molecule has 0 aliphatic carbocycles. The van der Waals surface area contributed by atoms with E-state index in [4.69, 9.17) is 16.3 Å². The average molecular weight is 439 g/mol. The number of nitrogens with zero attached hydrogens (tertiary/aromatic N) is 1. The van der Waals surface area contributed by atoms with Gasteiger partial charge in [0.05, 0.1) is 19.1 Å². The van der Waals surface area contributed by atoms with Gasteiger partial charge in [-0.15, -0.1) is 0 Å². The highest BCUT2D eigenvalue weighted by Crippen LogP contribution is 2.34. The van der Waals surface area contributed by atoms with Gasteiger partial charge in [-0.05, 0) is 50.5 Å². The molecule has 0 unspecified atom stereocenters. The van der Waals surface area contributed by atoms with E-state index < -0.39 is 16.1 Å². The zero-order chi connectivity index (χ0) is 21.6. The Morgan fingerprint density at radius 2 is 1.86 bits per heavy atom. The van der Waals surface area contributed by atoms with Crippen molar-refractivity contribution in [2.24, 2.45) is 0 Å². The molecule has 6 nitrogen and oxygen atoms in total. The molecule has 0 bridgehead atoms. The number of hydrogen-bond donors (Lipinski definition) is 1. The lowest BCUT2D eigenvalue weighted by Gasteiger charge is -2.29. The second kappa shape index (κ2) is 9.98. The smallest absolute Gasteiger partial charge is 0.243 e. The van der Waals surface area contributed by atoms with Crippen LogP contribution in [0.15, 0.2) is 42.5 Å². The molecule has 0 spiro atoms. The fourth-order valence-corrected chi connectivity index (χ4v) is 4.36. The molecule has 0 radical (unpaired) electrons. The lowest BCUT2D eigenvalue weighted by molar-refractivity contribution is -0.121.